The van der Waals surface area contributed by atoms with E-state index in [-0.39, 0.29) is 10.8 Å². The SMILES string of the molecule is CC1(C)c2occc2-n2c3ccc(-c4ccc5c(c4)c4cccc6c4n5-c4ccoc4C6(C)C)cc3c3cccc1c32. The lowest BCUT2D eigenvalue weighted by Crippen LogP contribution is -2.24. The maximum absolute atomic E-state index is 6.07. The molecular formula is C38H28N2O2. The van der Waals surface area contributed by atoms with Crippen molar-refractivity contribution in [3.63, 3.8) is 0 Å². The Hall–Kier alpha value is -4.96. The predicted octanol–water partition coefficient (Wildman–Crippen LogP) is 10.0. The molecule has 10 rings (SSSR count). The molecule has 0 fully saturated rings. The number of rotatable bonds is 1. The highest BCUT2D eigenvalue weighted by molar-refractivity contribution is 6.14. The van der Waals surface area contributed by atoms with Crippen LogP contribution in [0.4, 0.5) is 0 Å². The van der Waals surface area contributed by atoms with E-state index in [9.17, 15) is 0 Å². The summed E-state index contributed by atoms with van der Waals surface area (Å²) in [7, 11) is 0. The lowest BCUT2D eigenvalue weighted by atomic mass is 9.79. The van der Waals surface area contributed by atoms with Gasteiger partial charge in [-0.3, -0.25) is 0 Å². The second-order valence-electron chi connectivity index (χ2n) is 13.1. The fourth-order valence-electron chi connectivity index (χ4n) is 8.14. The molecule has 0 saturated heterocycles. The van der Waals surface area contributed by atoms with Crippen molar-refractivity contribution in [3.05, 3.63) is 120 Å². The molecule has 4 nitrogen and oxygen atoms in total. The van der Waals surface area contributed by atoms with Gasteiger partial charge in [0.1, 0.15) is 11.5 Å². The first-order chi connectivity index (χ1) is 20.4. The minimum absolute atomic E-state index is 0.198. The molecule has 0 amide bonds. The van der Waals surface area contributed by atoms with Crippen LogP contribution in [0.25, 0.3) is 66.1 Å². The van der Waals surface area contributed by atoms with E-state index < -0.39 is 0 Å². The van der Waals surface area contributed by atoms with Crippen LogP contribution in [0, 0.1) is 0 Å². The zero-order valence-corrected chi connectivity index (χ0v) is 23.9. The van der Waals surface area contributed by atoms with Gasteiger partial charge in [0.05, 0.1) is 56.8 Å². The van der Waals surface area contributed by atoms with Crippen LogP contribution < -0.4 is 0 Å². The Kier molecular flexibility index (Phi) is 3.83. The zero-order valence-electron chi connectivity index (χ0n) is 23.9. The minimum atomic E-state index is -0.198. The number of benzene rings is 4. The van der Waals surface area contributed by atoms with Crippen molar-refractivity contribution >= 4 is 43.6 Å². The highest BCUT2D eigenvalue weighted by atomic mass is 16.3. The van der Waals surface area contributed by atoms with Gasteiger partial charge in [-0.15, -0.1) is 0 Å². The fourth-order valence-corrected chi connectivity index (χ4v) is 8.14. The van der Waals surface area contributed by atoms with Gasteiger partial charge in [-0.25, -0.2) is 0 Å². The van der Waals surface area contributed by atoms with Crippen LogP contribution >= 0.6 is 0 Å². The molecule has 4 aromatic carbocycles. The molecule has 2 aliphatic heterocycles. The molecule has 0 atom stereocenters. The Labute approximate surface area is 242 Å². The molecule has 42 heavy (non-hydrogen) atoms. The van der Waals surface area contributed by atoms with Crippen LogP contribution in [-0.2, 0) is 10.8 Å². The minimum Gasteiger partial charge on any atom is -0.466 e. The second kappa shape index (κ2) is 7.08. The highest BCUT2D eigenvalue weighted by Gasteiger charge is 2.39. The lowest BCUT2D eigenvalue weighted by molar-refractivity contribution is 0.425. The third-order valence-electron chi connectivity index (χ3n) is 10.2. The van der Waals surface area contributed by atoms with Crippen LogP contribution in [-0.4, -0.2) is 9.13 Å². The molecule has 0 radical (unpaired) electrons. The van der Waals surface area contributed by atoms with Crippen molar-refractivity contribution in [2.45, 2.75) is 38.5 Å². The van der Waals surface area contributed by atoms with Gasteiger partial charge < -0.3 is 18.0 Å². The molecule has 0 N–H and O–H groups in total. The first kappa shape index (κ1) is 22.7. The summed E-state index contributed by atoms with van der Waals surface area (Å²) in [5.41, 5.74) is 11.9. The average molecular weight is 545 g/mol. The summed E-state index contributed by atoms with van der Waals surface area (Å²) in [6.45, 7) is 9.05. The molecule has 4 heteroatoms. The molecule has 0 unspecified atom stereocenters. The van der Waals surface area contributed by atoms with Gasteiger partial charge in [0.15, 0.2) is 0 Å². The molecule has 8 aromatic rings. The van der Waals surface area contributed by atoms with Crippen LogP contribution in [0.15, 0.2) is 106 Å². The van der Waals surface area contributed by atoms with Gasteiger partial charge in [0.25, 0.3) is 0 Å². The largest absolute Gasteiger partial charge is 0.466 e. The first-order valence-electron chi connectivity index (χ1n) is 14.7. The Bertz CT molecular complexity index is 2300. The van der Waals surface area contributed by atoms with Crippen LogP contribution in [0.1, 0.15) is 50.3 Å². The Morgan fingerprint density at radius 1 is 0.500 bits per heavy atom. The monoisotopic (exact) mass is 544 g/mol. The molecule has 0 aliphatic carbocycles. The standard InChI is InChI=1S/C38H28N2O2/c1-37(2)27-9-5-7-23-25-19-21(11-13-29(25)39(33(23)27)31-15-17-41-35(31)37)22-12-14-30-26(20-22)24-8-6-10-28-34(24)40(30)32-16-18-42-36(32)38(28,3)4/h5-20H,1-4H3. The van der Waals surface area contributed by atoms with E-state index in [1.165, 1.54) is 65.9 Å². The summed E-state index contributed by atoms with van der Waals surface area (Å²) in [6, 6.07) is 31.5. The van der Waals surface area contributed by atoms with E-state index >= 15 is 0 Å². The third-order valence-corrected chi connectivity index (χ3v) is 10.2. The number of nitrogens with zero attached hydrogens (tertiary/aromatic N) is 2. The Balaban J connectivity index is 1.24. The van der Waals surface area contributed by atoms with Gasteiger partial charge in [0.2, 0.25) is 0 Å². The summed E-state index contributed by atoms with van der Waals surface area (Å²) in [5.74, 6) is 2.04. The van der Waals surface area contributed by atoms with Crippen molar-refractivity contribution in [3.8, 4) is 22.5 Å². The molecule has 0 saturated carbocycles. The van der Waals surface area contributed by atoms with E-state index in [4.69, 9.17) is 8.83 Å². The van der Waals surface area contributed by atoms with Crippen molar-refractivity contribution < 1.29 is 8.83 Å². The first-order valence-corrected chi connectivity index (χ1v) is 14.7. The predicted molar refractivity (Wildman–Crippen MR) is 169 cm³/mol. The summed E-state index contributed by atoms with van der Waals surface area (Å²) >= 11 is 0. The van der Waals surface area contributed by atoms with E-state index in [0.29, 0.717) is 0 Å². The molecular weight excluding hydrogens is 516 g/mol. The van der Waals surface area contributed by atoms with Gasteiger partial charge in [0, 0.05) is 33.7 Å². The van der Waals surface area contributed by atoms with Gasteiger partial charge in [-0.1, -0.05) is 48.5 Å². The van der Waals surface area contributed by atoms with Gasteiger partial charge in [-0.05, 0) is 74.2 Å². The van der Waals surface area contributed by atoms with E-state index in [2.05, 4.69) is 122 Å². The van der Waals surface area contributed by atoms with Crippen LogP contribution in [0.3, 0.4) is 0 Å². The number of furan rings is 2. The van der Waals surface area contributed by atoms with Crippen molar-refractivity contribution in [2.75, 3.05) is 0 Å². The molecule has 202 valence electrons. The van der Waals surface area contributed by atoms with E-state index in [0.717, 1.165) is 22.9 Å². The average Bonchev–Trinajstić information content (AvgIpc) is 3.78. The molecule has 2 aliphatic rings. The molecule has 0 spiro atoms. The summed E-state index contributed by atoms with van der Waals surface area (Å²) in [6.07, 6.45) is 3.65. The number of hydrogen-bond donors (Lipinski definition) is 0. The third kappa shape index (κ3) is 2.44. The Morgan fingerprint density at radius 2 is 0.952 bits per heavy atom. The molecule has 4 aromatic heterocycles. The van der Waals surface area contributed by atoms with Crippen molar-refractivity contribution in [1.29, 1.82) is 0 Å². The summed E-state index contributed by atoms with van der Waals surface area (Å²) in [4.78, 5) is 0. The number of aromatic nitrogens is 2. The summed E-state index contributed by atoms with van der Waals surface area (Å²) < 4.78 is 16.9. The number of fused-ring (bicyclic) bond motifs is 10. The maximum Gasteiger partial charge on any atom is 0.137 e. The quantitative estimate of drug-likeness (QED) is 0.206. The second-order valence-corrected chi connectivity index (χ2v) is 13.1. The van der Waals surface area contributed by atoms with E-state index in [1.54, 1.807) is 0 Å². The lowest BCUT2D eigenvalue weighted by Gasteiger charge is -2.30. The number of hydrogen-bond acceptors (Lipinski definition) is 2. The van der Waals surface area contributed by atoms with Crippen LogP contribution in [0.5, 0.6) is 0 Å². The van der Waals surface area contributed by atoms with Crippen molar-refractivity contribution in [1.82, 2.24) is 9.13 Å². The zero-order chi connectivity index (χ0) is 28.1. The maximum atomic E-state index is 6.07. The smallest absolute Gasteiger partial charge is 0.137 e. The van der Waals surface area contributed by atoms with Gasteiger partial charge >= 0.3 is 0 Å². The summed E-state index contributed by atoms with van der Waals surface area (Å²) in [5, 5.41) is 5.10. The number of para-hydroxylation sites is 2. The normalized spacial score (nSPS) is 16.0. The highest BCUT2D eigenvalue weighted by Crippen LogP contribution is 2.50. The Morgan fingerprint density at radius 3 is 1.40 bits per heavy atom. The van der Waals surface area contributed by atoms with E-state index in [1.807, 2.05) is 12.5 Å². The molecule has 6 heterocycles. The molecule has 0 bridgehead atoms. The topological polar surface area (TPSA) is 36.1 Å². The van der Waals surface area contributed by atoms with Gasteiger partial charge in [-0.2, -0.15) is 0 Å². The fraction of sp³-hybridized carbons (Fsp3) is 0.158. The van der Waals surface area contributed by atoms with Crippen molar-refractivity contribution in [2.24, 2.45) is 0 Å². The van der Waals surface area contributed by atoms with Crippen LogP contribution in [0.2, 0.25) is 0 Å².